The van der Waals surface area contributed by atoms with E-state index in [2.05, 4.69) is 37.4 Å². The molecule has 0 N–H and O–H groups in total. The smallest absolute Gasteiger partial charge is 0.254 e. The zero-order valence-corrected chi connectivity index (χ0v) is 15.3. The number of halogens is 1. The highest BCUT2D eigenvalue weighted by Gasteiger charge is 2.17. The van der Waals surface area contributed by atoms with Crippen molar-refractivity contribution in [2.75, 3.05) is 7.05 Å². The lowest BCUT2D eigenvalue weighted by atomic mass is 10.2. The molecule has 0 spiro atoms. The van der Waals surface area contributed by atoms with Crippen LogP contribution in [-0.4, -0.2) is 32.4 Å². The van der Waals surface area contributed by atoms with Gasteiger partial charge in [0.2, 0.25) is 0 Å². The summed E-state index contributed by atoms with van der Waals surface area (Å²) in [5.74, 6) is 0.829. The van der Waals surface area contributed by atoms with Crippen LogP contribution in [0, 0.1) is 0 Å². The molecule has 0 aliphatic carbocycles. The number of rotatable bonds is 5. The number of hydrogen-bond donors (Lipinski definition) is 0. The fourth-order valence-corrected chi connectivity index (χ4v) is 3.11. The van der Waals surface area contributed by atoms with Crippen LogP contribution in [0.4, 0.5) is 0 Å². The first kappa shape index (κ1) is 16.6. The fourth-order valence-electron chi connectivity index (χ4n) is 2.71. The van der Waals surface area contributed by atoms with Gasteiger partial charge in [0.25, 0.3) is 5.91 Å². The molecule has 0 saturated heterocycles. The molecule has 3 aromatic rings. The molecule has 0 fully saturated rings. The standard InChI is InChI=1S/C18H19BrN4O/c1-3-10-23-16(21-15-8-5-9-20-17(15)23)12-22(2)18(24)13-6-4-7-14(19)11-13/h4-9,11H,3,10,12H2,1-2H3. The third-order valence-electron chi connectivity index (χ3n) is 3.83. The molecule has 2 aromatic heterocycles. The van der Waals surface area contributed by atoms with Crippen LogP contribution in [0.15, 0.2) is 47.1 Å². The van der Waals surface area contributed by atoms with Gasteiger partial charge in [0, 0.05) is 29.8 Å². The Morgan fingerprint density at radius 3 is 2.88 bits per heavy atom. The summed E-state index contributed by atoms with van der Waals surface area (Å²) >= 11 is 3.41. The molecule has 0 aliphatic heterocycles. The lowest BCUT2D eigenvalue weighted by Gasteiger charge is -2.18. The number of aryl methyl sites for hydroxylation is 1. The molecular weight excluding hydrogens is 368 g/mol. The van der Waals surface area contributed by atoms with Crippen molar-refractivity contribution < 1.29 is 4.79 Å². The number of nitrogens with zero attached hydrogens (tertiary/aromatic N) is 4. The maximum atomic E-state index is 12.6. The van der Waals surface area contributed by atoms with Crippen molar-refractivity contribution in [2.45, 2.75) is 26.4 Å². The molecule has 124 valence electrons. The average molecular weight is 387 g/mol. The van der Waals surface area contributed by atoms with Gasteiger partial charge in [0.15, 0.2) is 5.65 Å². The van der Waals surface area contributed by atoms with E-state index in [0.717, 1.165) is 34.4 Å². The Hall–Kier alpha value is -2.21. The predicted molar refractivity (Wildman–Crippen MR) is 97.8 cm³/mol. The summed E-state index contributed by atoms with van der Waals surface area (Å²) in [5.41, 5.74) is 2.39. The van der Waals surface area contributed by atoms with E-state index >= 15 is 0 Å². The molecule has 0 saturated carbocycles. The van der Waals surface area contributed by atoms with Gasteiger partial charge >= 0.3 is 0 Å². The molecule has 24 heavy (non-hydrogen) atoms. The Bertz CT molecular complexity index is 874. The van der Waals surface area contributed by atoms with Gasteiger partial charge in [-0.25, -0.2) is 9.97 Å². The van der Waals surface area contributed by atoms with Crippen molar-refractivity contribution in [1.82, 2.24) is 19.4 Å². The minimum absolute atomic E-state index is 0.0284. The van der Waals surface area contributed by atoms with Gasteiger partial charge in [-0.3, -0.25) is 4.79 Å². The van der Waals surface area contributed by atoms with Gasteiger partial charge in [-0.1, -0.05) is 28.9 Å². The number of aromatic nitrogens is 3. The number of amides is 1. The van der Waals surface area contributed by atoms with Gasteiger partial charge in [0.05, 0.1) is 6.54 Å². The van der Waals surface area contributed by atoms with Crippen molar-refractivity contribution in [3.8, 4) is 0 Å². The lowest BCUT2D eigenvalue weighted by Crippen LogP contribution is -2.27. The van der Waals surface area contributed by atoms with Crippen LogP contribution in [0.3, 0.4) is 0 Å². The van der Waals surface area contributed by atoms with E-state index in [4.69, 9.17) is 0 Å². The fraction of sp³-hybridized carbons (Fsp3) is 0.278. The zero-order valence-electron chi connectivity index (χ0n) is 13.7. The van der Waals surface area contributed by atoms with Crippen LogP contribution >= 0.6 is 15.9 Å². The minimum atomic E-state index is -0.0284. The summed E-state index contributed by atoms with van der Waals surface area (Å²) in [6, 6.07) is 11.2. The number of pyridine rings is 1. The number of hydrogen-bond acceptors (Lipinski definition) is 3. The Morgan fingerprint density at radius 2 is 2.12 bits per heavy atom. The molecule has 5 nitrogen and oxygen atoms in total. The largest absolute Gasteiger partial charge is 0.334 e. The molecule has 6 heteroatoms. The van der Waals surface area contributed by atoms with Gasteiger partial charge in [0.1, 0.15) is 11.3 Å². The SMILES string of the molecule is CCCn1c(CN(C)C(=O)c2cccc(Br)c2)nc2cccnc21. The first-order valence-corrected chi connectivity index (χ1v) is 8.70. The van der Waals surface area contributed by atoms with E-state index in [1.807, 2.05) is 36.4 Å². The van der Waals surface area contributed by atoms with Crippen molar-refractivity contribution in [1.29, 1.82) is 0 Å². The maximum absolute atomic E-state index is 12.6. The second-order valence-electron chi connectivity index (χ2n) is 5.70. The Balaban J connectivity index is 1.88. The molecule has 1 aromatic carbocycles. The Labute approximate surface area is 149 Å². The summed E-state index contributed by atoms with van der Waals surface area (Å²) in [5, 5.41) is 0. The van der Waals surface area contributed by atoms with Crippen molar-refractivity contribution >= 4 is 33.0 Å². The Kier molecular flexibility index (Phi) is 4.94. The van der Waals surface area contributed by atoms with Crippen molar-refractivity contribution in [3.63, 3.8) is 0 Å². The van der Waals surface area contributed by atoms with Gasteiger partial charge in [-0.2, -0.15) is 0 Å². The molecule has 2 heterocycles. The van der Waals surface area contributed by atoms with E-state index < -0.39 is 0 Å². The molecule has 0 bridgehead atoms. The van der Waals surface area contributed by atoms with Crippen molar-refractivity contribution in [2.24, 2.45) is 0 Å². The second-order valence-corrected chi connectivity index (χ2v) is 6.61. The molecular formula is C18H19BrN4O. The van der Waals surface area contributed by atoms with Gasteiger partial charge < -0.3 is 9.47 Å². The topological polar surface area (TPSA) is 51.0 Å². The van der Waals surface area contributed by atoms with E-state index in [1.165, 1.54) is 0 Å². The van der Waals surface area contributed by atoms with E-state index in [0.29, 0.717) is 12.1 Å². The molecule has 1 amide bonds. The van der Waals surface area contributed by atoms with E-state index in [1.54, 1.807) is 18.1 Å². The van der Waals surface area contributed by atoms with Crippen LogP contribution < -0.4 is 0 Å². The summed E-state index contributed by atoms with van der Waals surface area (Å²) < 4.78 is 2.99. The molecule has 0 atom stereocenters. The monoisotopic (exact) mass is 386 g/mol. The predicted octanol–water partition coefficient (Wildman–Crippen LogP) is 3.88. The summed E-state index contributed by atoms with van der Waals surface area (Å²) in [7, 11) is 1.80. The normalized spacial score (nSPS) is 11.0. The van der Waals surface area contributed by atoms with Crippen LogP contribution in [0.25, 0.3) is 11.2 Å². The van der Waals surface area contributed by atoms with Crippen LogP contribution in [0.2, 0.25) is 0 Å². The second kappa shape index (κ2) is 7.13. The number of carbonyl (C=O) groups is 1. The zero-order chi connectivity index (χ0) is 17.1. The van der Waals surface area contributed by atoms with Crippen molar-refractivity contribution in [3.05, 3.63) is 58.5 Å². The van der Waals surface area contributed by atoms with Crippen LogP contribution in [0.5, 0.6) is 0 Å². The highest BCUT2D eigenvalue weighted by Crippen LogP contribution is 2.17. The molecule has 0 unspecified atom stereocenters. The molecule has 3 rings (SSSR count). The lowest BCUT2D eigenvalue weighted by molar-refractivity contribution is 0.0780. The summed E-state index contributed by atoms with van der Waals surface area (Å²) in [4.78, 5) is 23.4. The van der Waals surface area contributed by atoms with Gasteiger partial charge in [-0.15, -0.1) is 0 Å². The minimum Gasteiger partial charge on any atom is -0.334 e. The highest BCUT2D eigenvalue weighted by atomic mass is 79.9. The average Bonchev–Trinajstić information content (AvgIpc) is 2.92. The number of benzene rings is 1. The summed E-state index contributed by atoms with van der Waals surface area (Å²) in [6.07, 6.45) is 2.76. The van der Waals surface area contributed by atoms with E-state index in [-0.39, 0.29) is 5.91 Å². The molecule has 0 radical (unpaired) electrons. The van der Waals surface area contributed by atoms with E-state index in [9.17, 15) is 4.79 Å². The quantitative estimate of drug-likeness (QED) is 0.668. The summed E-state index contributed by atoms with van der Waals surface area (Å²) in [6.45, 7) is 3.40. The third-order valence-corrected chi connectivity index (χ3v) is 4.32. The highest BCUT2D eigenvalue weighted by molar-refractivity contribution is 9.10. The van der Waals surface area contributed by atoms with Crippen LogP contribution in [-0.2, 0) is 13.1 Å². The number of carbonyl (C=O) groups excluding carboxylic acids is 1. The first-order chi connectivity index (χ1) is 11.6. The molecule has 0 aliphatic rings. The number of fused-ring (bicyclic) bond motifs is 1. The third kappa shape index (κ3) is 3.33. The number of imidazole rings is 1. The Morgan fingerprint density at radius 1 is 1.29 bits per heavy atom. The van der Waals surface area contributed by atoms with Crippen LogP contribution in [0.1, 0.15) is 29.5 Å². The first-order valence-electron chi connectivity index (χ1n) is 7.91. The maximum Gasteiger partial charge on any atom is 0.254 e. The van der Waals surface area contributed by atoms with Gasteiger partial charge in [-0.05, 0) is 36.8 Å².